The highest BCUT2D eigenvalue weighted by Crippen LogP contribution is 2.22. The van der Waals surface area contributed by atoms with Gasteiger partial charge in [0, 0.05) is 5.69 Å². The molecule has 0 atom stereocenters. The smallest absolute Gasteiger partial charge is 0.261 e. The number of hydrogen-bond donors (Lipinski definition) is 1. The summed E-state index contributed by atoms with van der Waals surface area (Å²) in [7, 11) is -3.66. The fourth-order valence-electron chi connectivity index (χ4n) is 2.28. The molecule has 24 heavy (non-hydrogen) atoms. The molecule has 0 unspecified atom stereocenters. The fraction of sp³-hybridized carbons (Fsp3) is 0. The van der Waals surface area contributed by atoms with Crippen LogP contribution in [-0.2, 0) is 10.0 Å². The molecule has 0 aromatic heterocycles. The van der Waals surface area contributed by atoms with Crippen LogP contribution < -0.4 is 4.72 Å². The Morgan fingerprint density at radius 1 is 0.750 bits per heavy atom. The number of benzene rings is 3. The topological polar surface area (TPSA) is 70.0 Å². The quantitative estimate of drug-likeness (QED) is 0.783. The molecule has 0 aliphatic carbocycles. The number of rotatable bonds is 4. The van der Waals surface area contributed by atoms with E-state index in [2.05, 4.69) is 4.72 Å². The summed E-state index contributed by atoms with van der Waals surface area (Å²) in [5, 5.41) is 8.77. The zero-order chi connectivity index (χ0) is 17.0. The molecule has 0 fully saturated rings. The summed E-state index contributed by atoms with van der Waals surface area (Å²) in [6.45, 7) is 0. The van der Waals surface area contributed by atoms with Gasteiger partial charge in [0.25, 0.3) is 10.0 Å². The second-order valence-corrected chi connectivity index (χ2v) is 6.87. The highest BCUT2D eigenvalue weighted by atomic mass is 32.2. The minimum Gasteiger partial charge on any atom is -0.280 e. The maximum Gasteiger partial charge on any atom is 0.261 e. The van der Waals surface area contributed by atoms with Gasteiger partial charge in [-0.15, -0.1) is 0 Å². The molecule has 3 rings (SSSR count). The van der Waals surface area contributed by atoms with Crippen molar-refractivity contribution in [2.45, 2.75) is 4.90 Å². The van der Waals surface area contributed by atoms with Crippen LogP contribution in [-0.4, -0.2) is 8.42 Å². The van der Waals surface area contributed by atoms with E-state index in [9.17, 15) is 8.42 Å². The second-order valence-electron chi connectivity index (χ2n) is 5.19. The van der Waals surface area contributed by atoms with Crippen LogP contribution >= 0.6 is 0 Å². The molecule has 0 amide bonds. The maximum atomic E-state index is 12.4. The first kappa shape index (κ1) is 15.8. The number of nitrogens with zero attached hydrogens (tertiary/aromatic N) is 1. The molecular formula is C19H14N2O2S. The van der Waals surface area contributed by atoms with Crippen molar-refractivity contribution in [2.24, 2.45) is 0 Å². The van der Waals surface area contributed by atoms with Gasteiger partial charge in [0.1, 0.15) is 0 Å². The van der Waals surface area contributed by atoms with E-state index < -0.39 is 10.0 Å². The zero-order valence-electron chi connectivity index (χ0n) is 12.7. The summed E-state index contributed by atoms with van der Waals surface area (Å²) in [5.41, 5.74) is 2.88. The van der Waals surface area contributed by atoms with Gasteiger partial charge in [-0.2, -0.15) is 5.26 Å². The van der Waals surface area contributed by atoms with Crippen LogP contribution in [0, 0.1) is 11.3 Å². The molecule has 0 aliphatic rings. The zero-order valence-corrected chi connectivity index (χ0v) is 13.5. The Hall–Kier alpha value is -3.10. The number of anilines is 1. The summed E-state index contributed by atoms with van der Waals surface area (Å²) >= 11 is 0. The molecule has 118 valence electrons. The normalized spacial score (nSPS) is 10.8. The summed E-state index contributed by atoms with van der Waals surface area (Å²) in [6, 6.07) is 24.7. The van der Waals surface area contributed by atoms with Crippen LogP contribution in [0.1, 0.15) is 5.56 Å². The van der Waals surface area contributed by atoms with Crippen LogP contribution in [0.25, 0.3) is 11.1 Å². The fourth-order valence-corrected chi connectivity index (χ4v) is 3.34. The van der Waals surface area contributed by atoms with E-state index in [4.69, 9.17) is 5.26 Å². The summed E-state index contributed by atoms with van der Waals surface area (Å²) in [6.07, 6.45) is 0. The van der Waals surface area contributed by atoms with Crippen molar-refractivity contribution in [1.82, 2.24) is 0 Å². The average molecular weight is 334 g/mol. The van der Waals surface area contributed by atoms with Crippen molar-refractivity contribution < 1.29 is 8.42 Å². The van der Waals surface area contributed by atoms with Crippen LogP contribution in [0.2, 0.25) is 0 Å². The lowest BCUT2D eigenvalue weighted by Gasteiger charge is -2.09. The lowest BCUT2D eigenvalue weighted by atomic mass is 10.1. The van der Waals surface area contributed by atoms with Crippen molar-refractivity contribution in [3.63, 3.8) is 0 Å². The molecule has 0 saturated carbocycles. The van der Waals surface area contributed by atoms with Crippen LogP contribution in [0.3, 0.4) is 0 Å². The lowest BCUT2D eigenvalue weighted by molar-refractivity contribution is 0.601. The lowest BCUT2D eigenvalue weighted by Crippen LogP contribution is -2.12. The van der Waals surface area contributed by atoms with Gasteiger partial charge in [-0.1, -0.05) is 42.5 Å². The van der Waals surface area contributed by atoms with Crippen LogP contribution in [0.4, 0.5) is 5.69 Å². The molecule has 3 aromatic carbocycles. The molecule has 0 spiro atoms. The Labute approximate surface area is 141 Å². The van der Waals surface area contributed by atoms with E-state index >= 15 is 0 Å². The predicted molar refractivity (Wildman–Crippen MR) is 93.8 cm³/mol. The first-order valence-electron chi connectivity index (χ1n) is 7.27. The minimum atomic E-state index is -3.66. The third-order valence-electron chi connectivity index (χ3n) is 3.54. The van der Waals surface area contributed by atoms with E-state index in [1.165, 1.54) is 0 Å². The van der Waals surface area contributed by atoms with Gasteiger partial charge >= 0.3 is 0 Å². The molecule has 4 nitrogen and oxygen atoms in total. The average Bonchev–Trinajstić information content (AvgIpc) is 2.63. The van der Waals surface area contributed by atoms with Crippen LogP contribution in [0.5, 0.6) is 0 Å². The molecule has 0 bridgehead atoms. The first-order valence-corrected chi connectivity index (χ1v) is 8.75. The van der Waals surface area contributed by atoms with Gasteiger partial charge in [0.15, 0.2) is 0 Å². The predicted octanol–water partition coefficient (Wildman–Crippen LogP) is 4.03. The number of sulfonamides is 1. The minimum absolute atomic E-state index is 0.187. The van der Waals surface area contributed by atoms with Crippen LogP contribution in [0.15, 0.2) is 83.8 Å². The number of nitrogens with one attached hydrogen (secondary N) is 1. The molecule has 1 N–H and O–H groups in total. The van der Waals surface area contributed by atoms with Gasteiger partial charge < -0.3 is 0 Å². The molecular weight excluding hydrogens is 320 g/mol. The number of hydrogen-bond acceptors (Lipinski definition) is 3. The van der Waals surface area contributed by atoms with Gasteiger partial charge in [-0.25, -0.2) is 8.42 Å². The van der Waals surface area contributed by atoms with Gasteiger partial charge in [-0.05, 0) is 47.5 Å². The third kappa shape index (κ3) is 3.45. The molecule has 0 heterocycles. The SMILES string of the molecule is N#Cc1ccc(NS(=O)(=O)c2ccc(-c3ccccc3)cc2)cc1. The number of nitriles is 1. The Morgan fingerprint density at radius 2 is 1.33 bits per heavy atom. The van der Waals surface area contributed by atoms with Crippen molar-refractivity contribution in [2.75, 3.05) is 4.72 Å². The van der Waals surface area contributed by atoms with Crippen molar-refractivity contribution >= 4 is 15.7 Å². The van der Waals surface area contributed by atoms with Gasteiger partial charge in [-0.3, -0.25) is 4.72 Å². The largest absolute Gasteiger partial charge is 0.280 e. The van der Waals surface area contributed by atoms with Crippen molar-refractivity contribution in [3.8, 4) is 17.2 Å². The van der Waals surface area contributed by atoms with E-state index in [-0.39, 0.29) is 4.90 Å². The van der Waals surface area contributed by atoms with Crippen molar-refractivity contribution in [1.29, 1.82) is 5.26 Å². The first-order chi connectivity index (χ1) is 11.6. The van der Waals surface area contributed by atoms with Gasteiger partial charge in [0.05, 0.1) is 16.5 Å². The Kier molecular flexibility index (Phi) is 4.32. The Bertz CT molecular complexity index is 972. The van der Waals surface area contributed by atoms with E-state index in [1.54, 1.807) is 48.5 Å². The molecule has 5 heteroatoms. The Morgan fingerprint density at radius 3 is 1.92 bits per heavy atom. The highest BCUT2D eigenvalue weighted by molar-refractivity contribution is 7.92. The standard InChI is InChI=1S/C19H14N2O2S/c20-14-15-6-10-18(11-7-15)21-24(22,23)19-12-8-17(9-13-19)16-4-2-1-3-5-16/h1-13,21H. The van der Waals surface area contributed by atoms with E-state index in [0.717, 1.165) is 11.1 Å². The van der Waals surface area contributed by atoms with Gasteiger partial charge in [0.2, 0.25) is 0 Å². The molecule has 0 saturated heterocycles. The van der Waals surface area contributed by atoms with E-state index in [1.807, 2.05) is 36.4 Å². The van der Waals surface area contributed by atoms with E-state index in [0.29, 0.717) is 11.3 Å². The summed E-state index contributed by atoms with van der Waals surface area (Å²) in [5.74, 6) is 0. The molecule has 3 aromatic rings. The third-order valence-corrected chi connectivity index (χ3v) is 4.94. The summed E-state index contributed by atoms with van der Waals surface area (Å²) < 4.78 is 27.4. The second kappa shape index (κ2) is 6.57. The maximum absolute atomic E-state index is 12.4. The highest BCUT2D eigenvalue weighted by Gasteiger charge is 2.14. The monoisotopic (exact) mass is 334 g/mol. The molecule has 0 radical (unpaired) electrons. The Balaban J connectivity index is 1.83. The van der Waals surface area contributed by atoms with Crippen molar-refractivity contribution in [3.05, 3.63) is 84.4 Å². The molecule has 0 aliphatic heterocycles. The summed E-state index contributed by atoms with van der Waals surface area (Å²) in [4.78, 5) is 0.187.